The summed E-state index contributed by atoms with van der Waals surface area (Å²) >= 11 is 0. The summed E-state index contributed by atoms with van der Waals surface area (Å²) in [4.78, 5) is 13.3. The van der Waals surface area contributed by atoms with Gasteiger partial charge in [-0.2, -0.15) is 0 Å². The van der Waals surface area contributed by atoms with Crippen LogP contribution >= 0.6 is 0 Å². The molecule has 0 bridgehead atoms. The van der Waals surface area contributed by atoms with Crippen molar-refractivity contribution in [3.8, 4) is 0 Å². The molecule has 1 aromatic carbocycles. The summed E-state index contributed by atoms with van der Waals surface area (Å²) in [6.07, 6.45) is 4.76. The van der Waals surface area contributed by atoms with Crippen molar-refractivity contribution in [1.29, 1.82) is 0 Å². The Kier molecular flexibility index (Phi) is 4.37. The zero-order valence-electron chi connectivity index (χ0n) is 11.3. The largest absolute Gasteiger partial charge is 0.348 e. The molecule has 0 heterocycles. The van der Waals surface area contributed by atoms with Gasteiger partial charge >= 0.3 is 0 Å². The Labute approximate surface area is 109 Å². The molecule has 0 spiro atoms. The molecule has 0 fully saturated rings. The minimum atomic E-state index is 0.136. The summed E-state index contributed by atoms with van der Waals surface area (Å²) in [5, 5.41) is 3.41. The van der Waals surface area contributed by atoms with E-state index in [-0.39, 0.29) is 5.91 Å². The molecule has 0 aromatic heterocycles. The maximum Gasteiger partial charge on any atom is 0.236 e. The molecule has 3 heteroatoms. The lowest BCUT2D eigenvalue weighted by atomic mass is 9.99. The van der Waals surface area contributed by atoms with E-state index in [2.05, 4.69) is 29.6 Å². The fraction of sp³-hybridized carbons (Fsp3) is 0.533. The quantitative estimate of drug-likeness (QED) is 0.829. The summed E-state index contributed by atoms with van der Waals surface area (Å²) in [7, 11) is 3.59. The third-order valence-electron chi connectivity index (χ3n) is 3.62. The fourth-order valence-electron chi connectivity index (χ4n) is 2.50. The van der Waals surface area contributed by atoms with E-state index in [4.69, 9.17) is 0 Å². The lowest BCUT2D eigenvalue weighted by Crippen LogP contribution is -2.35. The van der Waals surface area contributed by atoms with Crippen LogP contribution in [0.1, 0.15) is 36.4 Å². The van der Waals surface area contributed by atoms with Gasteiger partial charge in [-0.05, 0) is 30.4 Å². The number of hydrogen-bond donors (Lipinski definition) is 1. The molecule has 18 heavy (non-hydrogen) atoms. The van der Waals surface area contributed by atoms with E-state index >= 15 is 0 Å². The number of rotatable bonds is 3. The van der Waals surface area contributed by atoms with Crippen LogP contribution in [0.4, 0.5) is 0 Å². The van der Waals surface area contributed by atoms with Crippen LogP contribution in [0.25, 0.3) is 0 Å². The Morgan fingerprint density at radius 3 is 2.89 bits per heavy atom. The number of nitrogens with zero attached hydrogens (tertiary/aromatic N) is 1. The standard InChI is InChI=1S/C15H22N2O/c1-17(2)15(18)11-16-14-10-6-4-8-12-7-3-5-9-13(12)14/h3,5,7,9,14,16H,4,6,8,10-11H2,1-2H3. The van der Waals surface area contributed by atoms with E-state index in [0.717, 1.165) is 12.8 Å². The third-order valence-corrected chi connectivity index (χ3v) is 3.62. The highest BCUT2D eigenvalue weighted by atomic mass is 16.2. The van der Waals surface area contributed by atoms with Crippen LogP contribution in [0.15, 0.2) is 24.3 Å². The van der Waals surface area contributed by atoms with E-state index in [9.17, 15) is 4.79 Å². The minimum Gasteiger partial charge on any atom is -0.348 e. The summed E-state index contributed by atoms with van der Waals surface area (Å²) in [6.45, 7) is 0.423. The van der Waals surface area contributed by atoms with Crippen LogP contribution in [0.2, 0.25) is 0 Å². The number of hydrogen-bond acceptors (Lipinski definition) is 2. The highest BCUT2D eigenvalue weighted by molar-refractivity contribution is 5.77. The van der Waals surface area contributed by atoms with Crippen molar-refractivity contribution in [2.45, 2.75) is 31.7 Å². The average molecular weight is 246 g/mol. The van der Waals surface area contributed by atoms with Crippen LogP contribution in [0.3, 0.4) is 0 Å². The highest BCUT2D eigenvalue weighted by Gasteiger charge is 2.18. The molecule has 1 aliphatic rings. The fourth-order valence-corrected chi connectivity index (χ4v) is 2.50. The van der Waals surface area contributed by atoms with Gasteiger partial charge in [0, 0.05) is 20.1 Å². The van der Waals surface area contributed by atoms with E-state index in [0.29, 0.717) is 12.6 Å². The Morgan fingerprint density at radius 2 is 2.11 bits per heavy atom. The van der Waals surface area contributed by atoms with Crippen molar-refractivity contribution in [3.05, 3.63) is 35.4 Å². The molecule has 1 N–H and O–H groups in total. The first kappa shape index (κ1) is 13.1. The van der Waals surface area contributed by atoms with Crippen LogP contribution in [0, 0.1) is 0 Å². The summed E-state index contributed by atoms with van der Waals surface area (Å²) in [6, 6.07) is 8.92. The number of aryl methyl sites for hydroxylation is 1. The van der Waals surface area contributed by atoms with Gasteiger partial charge in [0.2, 0.25) is 5.91 Å². The molecular weight excluding hydrogens is 224 g/mol. The van der Waals surface area contributed by atoms with Crippen LogP contribution in [-0.4, -0.2) is 31.4 Å². The molecule has 0 saturated carbocycles. The van der Waals surface area contributed by atoms with Crippen molar-refractivity contribution in [2.24, 2.45) is 0 Å². The maximum absolute atomic E-state index is 11.6. The number of likely N-dealkylation sites (N-methyl/N-ethyl adjacent to an activating group) is 1. The molecule has 1 atom stereocenters. The topological polar surface area (TPSA) is 32.3 Å². The van der Waals surface area contributed by atoms with Crippen molar-refractivity contribution >= 4 is 5.91 Å². The molecule has 98 valence electrons. The molecule has 1 amide bonds. The van der Waals surface area contributed by atoms with Gasteiger partial charge in [-0.1, -0.05) is 30.7 Å². The monoisotopic (exact) mass is 246 g/mol. The summed E-state index contributed by atoms with van der Waals surface area (Å²) in [5.41, 5.74) is 2.81. The molecule has 3 nitrogen and oxygen atoms in total. The predicted octanol–water partition coefficient (Wildman–Crippen LogP) is 2.13. The van der Waals surface area contributed by atoms with Crippen molar-refractivity contribution in [2.75, 3.05) is 20.6 Å². The van der Waals surface area contributed by atoms with Crippen LogP contribution in [0.5, 0.6) is 0 Å². The van der Waals surface area contributed by atoms with E-state index in [1.165, 1.54) is 24.0 Å². The van der Waals surface area contributed by atoms with E-state index in [1.54, 1.807) is 19.0 Å². The van der Waals surface area contributed by atoms with Crippen molar-refractivity contribution < 1.29 is 4.79 Å². The Morgan fingerprint density at radius 1 is 1.33 bits per heavy atom. The number of carbonyl (C=O) groups is 1. The number of nitrogens with one attached hydrogen (secondary N) is 1. The predicted molar refractivity (Wildman–Crippen MR) is 73.4 cm³/mol. The molecule has 1 aromatic rings. The van der Waals surface area contributed by atoms with Crippen LogP contribution < -0.4 is 5.32 Å². The third kappa shape index (κ3) is 3.10. The average Bonchev–Trinajstić information content (AvgIpc) is 2.58. The van der Waals surface area contributed by atoms with Gasteiger partial charge in [0.1, 0.15) is 0 Å². The number of amides is 1. The second-order valence-electron chi connectivity index (χ2n) is 5.17. The Balaban J connectivity index is 2.06. The van der Waals surface area contributed by atoms with E-state index in [1.807, 2.05) is 0 Å². The lowest BCUT2D eigenvalue weighted by molar-refractivity contribution is -0.127. The molecule has 0 aliphatic heterocycles. The van der Waals surface area contributed by atoms with Crippen molar-refractivity contribution in [1.82, 2.24) is 10.2 Å². The van der Waals surface area contributed by atoms with Crippen LogP contribution in [-0.2, 0) is 11.2 Å². The normalized spacial score (nSPS) is 18.9. The molecule has 1 aliphatic carbocycles. The first-order valence-corrected chi connectivity index (χ1v) is 6.70. The smallest absolute Gasteiger partial charge is 0.236 e. The van der Waals surface area contributed by atoms with Gasteiger partial charge in [0.25, 0.3) is 0 Å². The molecule has 0 radical (unpaired) electrons. The summed E-state index contributed by atoms with van der Waals surface area (Å²) in [5.74, 6) is 0.136. The molecule has 0 saturated heterocycles. The first-order chi connectivity index (χ1) is 8.68. The second-order valence-corrected chi connectivity index (χ2v) is 5.17. The SMILES string of the molecule is CN(C)C(=O)CNC1CCCCc2ccccc21. The van der Waals surface area contributed by atoms with Gasteiger partial charge < -0.3 is 10.2 Å². The molecule has 2 rings (SSSR count). The minimum absolute atomic E-state index is 0.136. The number of benzene rings is 1. The van der Waals surface area contributed by atoms with Gasteiger partial charge in [-0.3, -0.25) is 4.79 Å². The Bertz CT molecular complexity index is 415. The summed E-state index contributed by atoms with van der Waals surface area (Å²) < 4.78 is 0. The Hall–Kier alpha value is -1.35. The molecule has 1 unspecified atom stereocenters. The zero-order valence-corrected chi connectivity index (χ0v) is 11.3. The van der Waals surface area contributed by atoms with Gasteiger partial charge in [0.15, 0.2) is 0 Å². The number of fused-ring (bicyclic) bond motifs is 1. The first-order valence-electron chi connectivity index (χ1n) is 6.70. The second kappa shape index (κ2) is 6.01. The zero-order chi connectivity index (χ0) is 13.0. The molecular formula is C15H22N2O. The number of carbonyl (C=O) groups excluding carboxylic acids is 1. The van der Waals surface area contributed by atoms with Gasteiger partial charge in [0.05, 0.1) is 6.54 Å². The van der Waals surface area contributed by atoms with E-state index < -0.39 is 0 Å². The van der Waals surface area contributed by atoms with Gasteiger partial charge in [-0.15, -0.1) is 0 Å². The highest BCUT2D eigenvalue weighted by Crippen LogP contribution is 2.28. The lowest BCUT2D eigenvalue weighted by Gasteiger charge is -2.20. The van der Waals surface area contributed by atoms with Gasteiger partial charge in [-0.25, -0.2) is 0 Å². The maximum atomic E-state index is 11.6. The van der Waals surface area contributed by atoms with Crippen molar-refractivity contribution in [3.63, 3.8) is 0 Å².